The zero-order valence-corrected chi connectivity index (χ0v) is 11.5. The third-order valence-electron chi connectivity index (χ3n) is 2.37. The Bertz CT molecular complexity index is 258. The van der Waals surface area contributed by atoms with Crippen LogP contribution < -0.4 is 16.6 Å². The first-order valence-corrected chi connectivity index (χ1v) is 6.22. The first-order valence-electron chi connectivity index (χ1n) is 6.22. The lowest BCUT2D eigenvalue weighted by Gasteiger charge is -2.13. The fraction of sp³-hybridized carbons (Fsp3) is 0.818. The van der Waals surface area contributed by atoms with E-state index < -0.39 is 0 Å². The Morgan fingerprint density at radius 3 is 2.72 bits per heavy atom. The van der Waals surface area contributed by atoms with Crippen molar-refractivity contribution in [3.63, 3.8) is 0 Å². The molecule has 7 nitrogen and oxygen atoms in total. The molecule has 0 saturated carbocycles. The largest absolute Gasteiger partial charge is 0.382 e. The summed E-state index contributed by atoms with van der Waals surface area (Å²) in [5.74, 6) is 5.69. The molecule has 0 fully saturated rings. The van der Waals surface area contributed by atoms with Gasteiger partial charge in [-0.05, 0) is 20.3 Å². The molecule has 1 amide bonds. The van der Waals surface area contributed by atoms with E-state index in [0.29, 0.717) is 32.3 Å². The van der Waals surface area contributed by atoms with Crippen LogP contribution in [0.25, 0.3) is 0 Å². The Balaban J connectivity index is 3.89. The summed E-state index contributed by atoms with van der Waals surface area (Å²) < 4.78 is 5.20. The lowest BCUT2D eigenvalue weighted by atomic mass is 10.4. The third kappa shape index (κ3) is 7.86. The Kier molecular flexibility index (Phi) is 9.99. The molecule has 0 spiro atoms. The molecule has 0 rings (SSSR count). The van der Waals surface area contributed by atoms with Crippen LogP contribution >= 0.6 is 0 Å². The van der Waals surface area contributed by atoms with Gasteiger partial charge in [-0.3, -0.25) is 10.2 Å². The van der Waals surface area contributed by atoms with Gasteiger partial charge in [-0.2, -0.15) is 0 Å². The van der Waals surface area contributed by atoms with Crippen LogP contribution in [0.4, 0.5) is 0 Å². The summed E-state index contributed by atoms with van der Waals surface area (Å²) in [7, 11) is 1.74. The van der Waals surface area contributed by atoms with Crippen molar-refractivity contribution in [2.24, 2.45) is 10.8 Å². The second-order valence-electron chi connectivity index (χ2n) is 3.69. The number of rotatable bonds is 8. The molecular weight excluding hydrogens is 234 g/mol. The van der Waals surface area contributed by atoms with E-state index in [4.69, 9.17) is 10.6 Å². The summed E-state index contributed by atoms with van der Waals surface area (Å²) in [5.41, 5.74) is 2.43. The van der Waals surface area contributed by atoms with Crippen molar-refractivity contribution in [1.29, 1.82) is 0 Å². The van der Waals surface area contributed by atoms with Gasteiger partial charge < -0.3 is 15.0 Å². The number of carbonyl (C=O) groups is 1. The quantitative estimate of drug-likeness (QED) is 0.176. The maximum absolute atomic E-state index is 11.5. The summed E-state index contributed by atoms with van der Waals surface area (Å²) in [6.07, 6.45) is 0.858. The van der Waals surface area contributed by atoms with Crippen molar-refractivity contribution >= 4 is 11.9 Å². The molecule has 7 heteroatoms. The van der Waals surface area contributed by atoms with Crippen molar-refractivity contribution in [1.82, 2.24) is 15.6 Å². The van der Waals surface area contributed by atoms with Gasteiger partial charge in [0.2, 0.25) is 11.9 Å². The van der Waals surface area contributed by atoms with Crippen molar-refractivity contribution in [3.05, 3.63) is 0 Å². The van der Waals surface area contributed by atoms with Crippen LogP contribution in [0.2, 0.25) is 0 Å². The van der Waals surface area contributed by atoms with Crippen molar-refractivity contribution < 1.29 is 9.53 Å². The van der Waals surface area contributed by atoms with Gasteiger partial charge in [-0.15, -0.1) is 0 Å². The van der Waals surface area contributed by atoms with Crippen molar-refractivity contribution in [2.45, 2.75) is 20.3 Å². The van der Waals surface area contributed by atoms with Gasteiger partial charge >= 0.3 is 0 Å². The predicted octanol–water partition coefficient (Wildman–Crippen LogP) is -0.700. The van der Waals surface area contributed by atoms with Crippen molar-refractivity contribution in [2.75, 3.05) is 39.9 Å². The highest BCUT2D eigenvalue weighted by Gasteiger charge is 2.05. The highest BCUT2D eigenvalue weighted by Crippen LogP contribution is 1.85. The average molecular weight is 259 g/mol. The van der Waals surface area contributed by atoms with Crippen LogP contribution in [-0.4, -0.2) is 56.7 Å². The molecule has 0 heterocycles. The Morgan fingerprint density at radius 1 is 1.44 bits per heavy atom. The molecule has 18 heavy (non-hydrogen) atoms. The number of aliphatic imine (C=N–C) groups is 1. The monoisotopic (exact) mass is 259 g/mol. The molecule has 4 N–H and O–H groups in total. The standard InChI is InChI=1S/C11H25N5O2/c1-4-16(3)10(17)9-14-11(15-12)13-7-6-8-18-5-2/h4-9,12H2,1-3H3,(H2,13,14,15). The van der Waals surface area contributed by atoms with Crippen LogP contribution in [0.1, 0.15) is 20.3 Å². The van der Waals surface area contributed by atoms with E-state index in [0.717, 1.165) is 6.42 Å². The summed E-state index contributed by atoms with van der Waals surface area (Å²) in [6.45, 7) is 6.73. The third-order valence-corrected chi connectivity index (χ3v) is 2.37. The SMILES string of the molecule is CCOCCCNC(=NCC(=O)N(C)CC)NN. The number of guanidine groups is 1. The topological polar surface area (TPSA) is 92.0 Å². The van der Waals surface area contributed by atoms with Crippen LogP contribution in [0, 0.1) is 0 Å². The summed E-state index contributed by atoms with van der Waals surface area (Å²) >= 11 is 0. The zero-order valence-electron chi connectivity index (χ0n) is 11.5. The molecule has 0 aromatic rings. The average Bonchev–Trinajstić information content (AvgIpc) is 2.40. The number of nitrogens with one attached hydrogen (secondary N) is 2. The number of hydrazine groups is 1. The van der Waals surface area contributed by atoms with E-state index in [1.807, 2.05) is 13.8 Å². The van der Waals surface area contributed by atoms with Crippen LogP contribution in [0.5, 0.6) is 0 Å². The Labute approximate surface area is 109 Å². The van der Waals surface area contributed by atoms with Gasteiger partial charge in [0, 0.05) is 33.4 Å². The van der Waals surface area contributed by atoms with E-state index in [1.54, 1.807) is 11.9 Å². The highest BCUT2D eigenvalue weighted by molar-refractivity contribution is 5.84. The fourth-order valence-corrected chi connectivity index (χ4v) is 1.12. The fourth-order valence-electron chi connectivity index (χ4n) is 1.12. The first-order chi connectivity index (χ1) is 8.65. The van der Waals surface area contributed by atoms with Gasteiger partial charge in [0.15, 0.2) is 0 Å². The van der Waals surface area contributed by atoms with Gasteiger partial charge in [0.25, 0.3) is 0 Å². The number of amides is 1. The molecule has 0 aliphatic heterocycles. The number of nitrogens with zero attached hydrogens (tertiary/aromatic N) is 2. The van der Waals surface area contributed by atoms with Crippen molar-refractivity contribution in [3.8, 4) is 0 Å². The molecule has 0 bridgehead atoms. The predicted molar refractivity (Wildman–Crippen MR) is 72.0 cm³/mol. The molecular formula is C11H25N5O2. The number of hydrogen-bond donors (Lipinski definition) is 3. The molecule has 0 aliphatic carbocycles. The zero-order chi connectivity index (χ0) is 13.8. The van der Waals surface area contributed by atoms with E-state index in [2.05, 4.69) is 15.7 Å². The maximum Gasteiger partial charge on any atom is 0.244 e. The van der Waals surface area contributed by atoms with E-state index in [1.165, 1.54) is 0 Å². The molecule has 0 aliphatic rings. The Hall–Kier alpha value is -1.34. The molecule has 0 radical (unpaired) electrons. The maximum atomic E-state index is 11.5. The normalized spacial score (nSPS) is 11.2. The van der Waals surface area contributed by atoms with Gasteiger partial charge in [0.05, 0.1) is 0 Å². The second kappa shape index (κ2) is 10.8. The van der Waals surface area contributed by atoms with Gasteiger partial charge in [0.1, 0.15) is 6.54 Å². The number of ether oxygens (including phenoxy) is 1. The lowest BCUT2D eigenvalue weighted by Crippen LogP contribution is -2.43. The minimum absolute atomic E-state index is 0.0404. The Morgan fingerprint density at radius 2 is 2.17 bits per heavy atom. The molecule has 0 saturated heterocycles. The highest BCUT2D eigenvalue weighted by atomic mass is 16.5. The molecule has 0 atom stereocenters. The van der Waals surface area contributed by atoms with Crippen LogP contribution in [0.15, 0.2) is 4.99 Å². The van der Waals surface area contributed by atoms with Crippen LogP contribution in [-0.2, 0) is 9.53 Å². The smallest absolute Gasteiger partial charge is 0.244 e. The summed E-state index contributed by atoms with van der Waals surface area (Å²) in [5, 5.41) is 3.00. The second-order valence-corrected chi connectivity index (χ2v) is 3.69. The van der Waals surface area contributed by atoms with Gasteiger partial charge in [-0.1, -0.05) is 0 Å². The molecule has 0 aromatic carbocycles. The minimum Gasteiger partial charge on any atom is -0.382 e. The summed E-state index contributed by atoms with van der Waals surface area (Å²) in [4.78, 5) is 17.2. The van der Waals surface area contributed by atoms with Gasteiger partial charge in [-0.25, -0.2) is 10.8 Å². The molecule has 0 aromatic heterocycles. The van der Waals surface area contributed by atoms with E-state index in [9.17, 15) is 4.79 Å². The summed E-state index contributed by atoms with van der Waals surface area (Å²) in [6, 6.07) is 0. The molecule has 106 valence electrons. The minimum atomic E-state index is -0.0404. The van der Waals surface area contributed by atoms with E-state index in [-0.39, 0.29) is 12.5 Å². The number of hydrogen-bond acceptors (Lipinski definition) is 4. The number of nitrogens with two attached hydrogens (primary N) is 1. The molecule has 0 unspecified atom stereocenters. The number of carbonyl (C=O) groups excluding carboxylic acids is 1. The van der Waals surface area contributed by atoms with E-state index >= 15 is 0 Å². The lowest BCUT2D eigenvalue weighted by molar-refractivity contribution is -0.128. The first kappa shape index (κ1) is 16.7. The van der Waals surface area contributed by atoms with Crippen LogP contribution in [0.3, 0.4) is 0 Å². The number of likely N-dealkylation sites (N-methyl/N-ethyl adjacent to an activating group) is 1.